The maximum atomic E-state index is 12.5. The van der Waals surface area contributed by atoms with Gasteiger partial charge in [0.2, 0.25) is 11.6 Å². The summed E-state index contributed by atoms with van der Waals surface area (Å²) in [6.45, 7) is 0. The number of rotatable bonds is 2. The van der Waals surface area contributed by atoms with Crippen LogP contribution in [-0.4, -0.2) is 21.4 Å². The van der Waals surface area contributed by atoms with E-state index in [0.29, 0.717) is 0 Å². The molecule has 0 saturated carbocycles. The Morgan fingerprint density at radius 1 is 0.615 bits per heavy atom. The monoisotopic (exact) mass is 374 g/mol. The molecule has 1 aliphatic rings. The van der Waals surface area contributed by atoms with E-state index < -0.39 is 66.5 Å². The summed E-state index contributed by atoms with van der Waals surface area (Å²) in [7, 11) is 0. The Balaban J connectivity index is 0.00000169. The van der Waals surface area contributed by atoms with Crippen LogP contribution in [0.4, 0.5) is 11.4 Å². The standard InChI is InChI=1S/C14H6N2O8.2Na/c17-7-3-1-5(15(21)22)9-11(7)14(20)10-6(16(23)24)2-4-8(18)12(10)13(9)19;;/h1-4,17-18H;;/q;2*+1/p-2. The van der Waals surface area contributed by atoms with Gasteiger partial charge in [-0.3, -0.25) is 29.8 Å². The van der Waals surface area contributed by atoms with Crippen molar-refractivity contribution in [1.29, 1.82) is 0 Å². The molecule has 0 fully saturated rings. The molecule has 2 aromatic carbocycles. The van der Waals surface area contributed by atoms with Gasteiger partial charge in [0, 0.05) is 23.3 Å². The van der Waals surface area contributed by atoms with Crippen molar-refractivity contribution in [3.8, 4) is 11.5 Å². The number of fused-ring (bicyclic) bond motifs is 2. The van der Waals surface area contributed by atoms with Crippen molar-refractivity contribution in [2.45, 2.75) is 0 Å². The first kappa shape index (κ1) is 22.2. The van der Waals surface area contributed by atoms with Gasteiger partial charge in [0.1, 0.15) is 11.1 Å². The third kappa shape index (κ3) is 3.15. The topological polar surface area (TPSA) is 167 Å². The van der Waals surface area contributed by atoms with E-state index in [2.05, 4.69) is 0 Å². The number of nitro groups is 2. The van der Waals surface area contributed by atoms with E-state index >= 15 is 0 Å². The third-order valence-corrected chi connectivity index (χ3v) is 3.59. The van der Waals surface area contributed by atoms with Crippen molar-refractivity contribution in [2.24, 2.45) is 0 Å². The second-order valence-electron chi connectivity index (χ2n) is 4.84. The third-order valence-electron chi connectivity index (χ3n) is 3.59. The van der Waals surface area contributed by atoms with Crippen LogP contribution in [0.3, 0.4) is 0 Å². The molecule has 120 valence electrons. The van der Waals surface area contributed by atoms with Crippen LogP contribution < -0.4 is 69.3 Å². The molecule has 0 bridgehead atoms. The molecular weight excluding hydrogens is 370 g/mol. The summed E-state index contributed by atoms with van der Waals surface area (Å²) in [5.41, 5.74) is -4.95. The van der Waals surface area contributed by atoms with Gasteiger partial charge in [0.25, 0.3) is 11.4 Å². The van der Waals surface area contributed by atoms with E-state index in [9.17, 15) is 40.0 Å². The van der Waals surface area contributed by atoms with Crippen LogP contribution in [0.25, 0.3) is 0 Å². The van der Waals surface area contributed by atoms with E-state index in [-0.39, 0.29) is 59.1 Å². The Morgan fingerprint density at radius 2 is 0.923 bits per heavy atom. The maximum absolute atomic E-state index is 12.5. The molecule has 0 atom stereocenters. The molecule has 0 spiro atoms. The molecule has 3 rings (SSSR count). The predicted octanol–water partition coefficient (Wildman–Crippen LogP) is -5.57. The van der Waals surface area contributed by atoms with E-state index in [1.54, 1.807) is 0 Å². The fourth-order valence-electron chi connectivity index (χ4n) is 2.61. The minimum Gasteiger partial charge on any atom is -0.872 e. The second-order valence-corrected chi connectivity index (χ2v) is 4.84. The van der Waals surface area contributed by atoms with E-state index in [1.165, 1.54) is 0 Å². The van der Waals surface area contributed by atoms with Gasteiger partial charge in [-0.05, 0) is 0 Å². The summed E-state index contributed by atoms with van der Waals surface area (Å²) in [5, 5.41) is 46.0. The molecule has 12 heteroatoms. The number of carbonyl (C=O) groups is 2. The van der Waals surface area contributed by atoms with E-state index in [1.807, 2.05) is 0 Å². The average Bonchev–Trinajstić information content (AvgIpc) is 2.51. The van der Waals surface area contributed by atoms with Crippen LogP contribution in [0.15, 0.2) is 24.3 Å². The Morgan fingerprint density at radius 3 is 1.19 bits per heavy atom. The van der Waals surface area contributed by atoms with Crippen molar-refractivity contribution >= 4 is 22.9 Å². The minimum atomic E-state index is -1.25. The summed E-state index contributed by atoms with van der Waals surface area (Å²) in [6, 6.07) is 2.94. The number of benzene rings is 2. The molecular formula is C14H4N2Na2O8. The van der Waals surface area contributed by atoms with Gasteiger partial charge < -0.3 is 10.2 Å². The molecule has 0 aromatic heterocycles. The van der Waals surface area contributed by atoms with Crippen LogP contribution in [-0.2, 0) is 0 Å². The summed E-state index contributed by atoms with van der Waals surface area (Å²) in [5.74, 6) is -4.49. The van der Waals surface area contributed by atoms with Gasteiger partial charge in [-0.15, -0.1) is 0 Å². The van der Waals surface area contributed by atoms with Gasteiger partial charge in [0.15, 0.2) is 0 Å². The van der Waals surface area contributed by atoms with Crippen LogP contribution in [0.2, 0.25) is 0 Å². The fraction of sp³-hybridized carbons (Fsp3) is 0. The summed E-state index contributed by atoms with van der Waals surface area (Å²) >= 11 is 0. The SMILES string of the molecule is O=C1c2c([O-])ccc([N+](=O)[O-])c2C(=O)c2c([O-])ccc([N+](=O)[O-])c21.[Na+].[Na+]. The van der Waals surface area contributed by atoms with Gasteiger partial charge in [-0.1, -0.05) is 23.6 Å². The Hall–Kier alpha value is -1.82. The molecule has 26 heavy (non-hydrogen) atoms. The normalized spacial score (nSPS) is 11.5. The van der Waals surface area contributed by atoms with Gasteiger partial charge in [-0.2, -0.15) is 0 Å². The Bertz CT molecular complexity index is 910. The largest absolute Gasteiger partial charge is 1.00 e. The number of carbonyl (C=O) groups excluding carboxylic acids is 2. The van der Waals surface area contributed by atoms with Crippen LogP contribution in [0, 0.1) is 20.2 Å². The molecule has 10 nitrogen and oxygen atoms in total. The maximum Gasteiger partial charge on any atom is 1.00 e. The zero-order valence-corrected chi connectivity index (χ0v) is 17.5. The smallest absolute Gasteiger partial charge is 0.872 e. The molecule has 0 saturated heterocycles. The molecule has 0 N–H and O–H groups in total. The average molecular weight is 374 g/mol. The molecule has 0 amide bonds. The first-order chi connectivity index (χ1) is 11.3. The Labute approximate surface area is 188 Å². The quantitative estimate of drug-likeness (QED) is 0.243. The zero-order valence-electron chi connectivity index (χ0n) is 13.5. The van der Waals surface area contributed by atoms with E-state index in [0.717, 1.165) is 24.3 Å². The number of ketones is 2. The summed E-state index contributed by atoms with van der Waals surface area (Å²) in [4.78, 5) is 45.2. The minimum absolute atomic E-state index is 0. The zero-order chi connectivity index (χ0) is 17.8. The predicted molar refractivity (Wildman–Crippen MR) is 71.9 cm³/mol. The number of hydrogen-bond acceptors (Lipinski definition) is 8. The molecule has 0 unspecified atom stereocenters. The summed E-state index contributed by atoms with van der Waals surface area (Å²) < 4.78 is 0. The first-order valence-electron chi connectivity index (χ1n) is 6.32. The number of nitro benzene ring substituents is 2. The van der Waals surface area contributed by atoms with Crippen LogP contribution >= 0.6 is 0 Å². The van der Waals surface area contributed by atoms with Crippen LogP contribution in [0.1, 0.15) is 31.8 Å². The Kier molecular flexibility index (Phi) is 6.69. The van der Waals surface area contributed by atoms with Crippen molar-refractivity contribution in [3.05, 3.63) is 66.7 Å². The van der Waals surface area contributed by atoms with Gasteiger partial charge in [0.05, 0.1) is 9.85 Å². The first-order valence-corrected chi connectivity index (χ1v) is 6.32. The van der Waals surface area contributed by atoms with Crippen molar-refractivity contribution < 1.29 is 88.8 Å². The number of nitrogens with zero attached hydrogens (tertiary/aromatic N) is 2. The second kappa shape index (κ2) is 7.82. The van der Waals surface area contributed by atoms with Crippen LogP contribution in [0.5, 0.6) is 11.5 Å². The molecule has 0 aliphatic heterocycles. The number of hydrogen-bond donors (Lipinski definition) is 0. The van der Waals surface area contributed by atoms with Crippen molar-refractivity contribution in [1.82, 2.24) is 0 Å². The van der Waals surface area contributed by atoms with Crippen molar-refractivity contribution in [2.75, 3.05) is 0 Å². The van der Waals surface area contributed by atoms with E-state index in [4.69, 9.17) is 0 Å². The van der Waals surface area contributed by atoms with Gasteiger partial charge in [-0.25, -0.2) is 0 Å². The van der Waals surface area contributed by atoms with Crippen molar-refractivity contribution in [3.63, 3.8) is 0 Å². The van der Waals surface area contributed by atoms with Gasteiger partial charge >= 0.3 is 59.1 Å². The molecule has 0 heterocycles. The fourth-order valence-corrected chi connectivity index (χ4v) is 2.61. The summed E-state index contributed by atoms with van der Waals surface area (Å²) in [6.07, 6.45) is 0. The molecule has 2 aromatic rings. The molecule has 1 aliphatic carbocycles. The molecule has 0 radical (unpaired) electrons.